The Morgan fingerprint density at radius 2 is 1.68 bits per heavy atom. The molecule has 0 aliphatic carbocycles. The van der Waals surface area contributed by atoms with Crippen LogP contribution in [0.15, 0.2) is 76.1 Å². The highest BCUT2D eigenvalue weighted by molar-refractivity contribution is 8.18. The van der Waals surface area contributed by atoms with Crippen LogP contribution in [0.3, 0.4) is 0 Å². The number of aromatic carboxylic acids is 1. The van der Waals surface area contributed by atoms with Crippen LogP contribution in [0.25, 0.3) is 17.4 Å². The Morgan fingerprint density at radius 1 is 0.968 bits per heavy atom. The summed E-state index contributed by atoms with van der Waals surface area (Å²) < 4.78 is 5.69. The molecule has 1 aromatic heterocycles. The van der Waals surface area contributed by atoms with Crippen molar-refractivity contribution >= 4 is 40.7 Å². The predicted octanol–water partition coefficient (Wildman–Crippen LogP) is 4.56. The van der Waals surface area contributed by atoms with E-state index in [4.69, 9.17) is 4.42 Å². The molecule has 1 N–H and O–H groups in total. The second-order valence-corrected chi connectivity index (χ2v) is 7.60. The monoisotopic (exact) mass is 433 g/mol. The molecule has 0 atom stereocenters. The van der Waals surface area contributed by atoms with E-state index in [9.17, 15) is 24.3 Å². The fourth-order valence-electron chi connectivity index (χ4n) is 3.08. The van der Waals surface area contributed by atoms with E-state index in [-0.39, 0.29) is 28.6 Å². The van der Waals surface area contributed by atoms with Crippen LogP contribution in [0.1, 0.15) is 26.5 Å². The number of rotatable bonds is 6. The molecular weight excluding hydrogens is 418 g/mol. The Bertz CT molecular complexity index is 1230. The molecule has 0 saturated carbocycles. The number of benzene rings is 2. The van der Waals surface area contributed by atoms with Gasteiger partial charge in [0.05, 0.1) is 17.0 Å². The smallest absolute Gasteiger partial charge is 0.336 e. The number of carboxylic acids is 1. The van der Waals surface area contributed by atoms with Gasteiger partial charge >= 0.3 is 5.97 Å². The summed E-state index contributed by atoms with van der Waals surface area (Å²) in [6, 6.07) is 18.0. The molecule has 1 fully saturated rings. The largest absolute Gasteiger partial charge is 0.478 e. The lowest BCUT2D eigenvalue weighted by molar-refractivity contribution is -0.122. The van der Waals surface area contributed by atoms with Crippen molar-refractivity contribution in [3.63, 3.8) is 0 Å². The third kappa shape index (κ3) is 4.19. The lowest BCUT2D eigenvalue weighted by Crippen LogP contribution is -2.33. The van der Waals surface area contributed by atoms with Crippen molar-refractivity contribution in [2.45, 2.75) is 0 Å². The van der Waals surface area contributed by atoms with Gasteiger partial charge in [-0.3, -0.25) is 19.3 Å². The third-order valence-electron chi connectivity index (χ3n) is 4.59. The van der Waals surface area contributed by atoms with E-state index >= 15 is 0 Å². The minimum atomic E-state index is -1.09. The second-order valence-electron chi connectivity index (χ2n) is 6.61. The van der Waals surface area contributed by atoms with Crippen molar-refractivity contribution in [2.24, 2.45) is 0 Å². The van der Waals surface area contributed by atoms with E-state index < -0.39 is 17.1 Å². The minimum Gasteiger partial charge on any atom is -0.478 e. The average Bonchev–Trinajstić information content (AvgIpc) is 3.34. The van der Waals surface area contributed by atoms with Gasteiger partial charge in [-0.05, 0) is 30.0 Å². The van der Waals surface area contributed by atoms with Gasteiger partial charge in [-0.15, -0.1) is 0 Å². The highest BCUT2D eigenvalue weighted by atomic mass is 32.2. The Hall–Kier alpha value is -3.91. The lowest BCUT2D eigenvalue weighted by atomic mass is 10.1. The molecule has 31 heavy (non-hydrogen) atoms. The van der Waals surface area contributed by atoms with Crippen LogP contribution in [0.4, 0.5) is 4.79 Å². The van der Waals surface area contributed by atoms with E-state index in [0.29, 0.717) is 16.9 Å². The summed E-state index contributed by atoms with van der Waals surface area (Å²) in [6.45, 7) is -0.346. The number of carboxylic acid groups (broad SMARTS) is 1. The first-order valence-corrected chi connectivity index (χ1v) is 10.0. The van der Waals surface area contributed by atoms with Gasteiger partial charge in [0.1, 0.15) is 11.5 Å². The molecule has 2 amide bonds. The molecule has 2 aromatic carbocycles. The van der Waals surface area contributed by atoms with Crippen molar-refractivity contribution < 1.29 is 28.7 Å². The SMILES string of the molecule is O=C(CN1C(=O)S/C(=C\c2ccc(-c3ccccc3C(=O)O)o2)C1=O)c1ccccc1. The zero-order valence-corrected chi connectivity index (χ0v) is 16.8. The molecule has 3 aromatic rings. The number of imide groups is 1. The first-order valence-electron chi connectivity index (χ1n) is 9.20. The predicted molar refractivity (Wildman–Crippen MR) is 115 cm³/mol. The van der Waals surface area contributed by atoms with Crippen molar-refractivity contribution in [3.8, 4) is 11.3 Å². The molecule has 7 nitrogen and oxygen atoms in total. The van der Waals surface area contributed by atoms with Crippen LogP contribution < -0.4 is 0 Å². The summed E-state index contributed by atoms with van der Waals surface area (Å²) in [5.41, 5.74) is 0.901. The van der Waals surface area contributed by atoms with Gasteiger partial charge < -0.3 is 9.52 Å². The zero-order valence-electron chi connectivity index (χ0n) is 16.0. The minimum absolute atomic E-state index is 0.0862. The molecule has 1 aliphatic heterocycles. The molecule has 8 heteroatoms. The molecule has 154 valence electrons. The van der Waals surface area contributed by atoms with Gasteiger partial charge in [0, 0.05) is 17.2 Å². The summed E-state index contributed by atoms with van der Waals surface area (Å²) >= 11 is 0.719. The lowest BCUT2D eigenvalue weighted by Gasteiger charge is -2.11. The maximum atomic E-state index is 12.7. The fraction of sp³-hybridized carbons (Fsp3) is 0.0435. The van der Waals surface area contributed by atoms with Crippen LogP contribution >= 0.6 is 11.8 Å². The van der Waals surface area contributed by atoms with Crippen LogP contribution in [0, 0.1) is 0 Å². The number of hydrogen-bond acceptors (Lipinski definition) is 6. The quantitative estimate of drug-likeness (QED) is 0.449. The molecule has 2 heterocycles. The number of nitrogens with zero attached hydrogens (tertiary/aromatic N) is 1. The van der Waals surface area contributed by atoms with Gasteiger partial charge in [-0.25, -0.2) is 4.79 Å². The number of hydrogen-bond donors (Lipinski definition) is 1. The van der Waals surface area contributed by atoms with Crippen molar-refractivity contribution in [1.29, 1.82) is 0 Å². The van der Waals surface area contributed by atoms with Crippen molar-refractivity contribution in [1.82, 2.24) is 4.90 Å². The number of amides is 2. The summed E-state index contributed by atoms with van der Waals surface area (Å²) in [5.74, 6) is -1.39. The summed E-state index contributed by atoms with van der Waals surface area (Å²) in [4.78, 5) is 49.7. The Morgan fingerprint density at radius 3 is 2.42 bits per heavy atom. The van der Waals surface area contributed by atoms with E-state index in [1.807, 2.05) is 0 Å². The normalized spacial score (nSPS) is 15.0. The Balaban J connectivity index is 1.54. The maximum absolute atomic E-state index is 12.7. The van der Waals surface area contributed by atoms with Crippen LogP contribution in [-0.4, -0.2) is 39.5 Å². The molecule has 0 spiro atoms. The van der Waals surface area contributed by atoms with Crippen LogP contribution in [-0.2, 0) is 4.79 Å². The summed E-state index contributed by atoms with van der Waals surface area (Å²) in [5, 5.41) is 8.80. The van der Waals surface area contributed by atoms with Gasteiger partial charge in [0.2, 0.25) is 0 Å². The number of carbonyl (C=O) groups excluding carboxylic acids is 3. The highest BCUT2D eigenvalue weighted by Gasteiger charge is 2.36. The number of furan rings is 1. The van der Waals surface area contributed by atoms with Crippen LogP contribution in [0.2, 0.25) is 0 Å². The van der Waals surface area contributed by atoms with E-state index in [0.717, 1.165) is 16.7 Å². The topological polar surface area (TPSA) is 105 Å². The van der Waals surface area contributed by atoms with Gasteiger partial charge in [0.25, 0.3) is 11.1 Å². The first-order chi connectivity index (χ1) is 14.9. The van der Waals surface area contributed by atoms with E-state index in [1.54, 1.807) is 60.7 Å². The third-order valence-corrected chi connectivity index (χ3v) is 5.50. The molecule has 1 aliphatic rings. The Labute approximate surface area is 181 Å². The summed E-state index contributed by atoms with van der Waals surface area (Å²) in [6.07, 6.45) is 1.41. The standard InChI is InChI=1S/C23H15NO6S/c25-18(14-6-2-1-3-7-14)13-24-21(26)20(31-23(24)29)12-15-10-11-19(30-15)16-8-4-5-9-17(16)22(27)28/h1-12H,13H2,(H,27,28)/b20-12-. The van der Waals surface area contributed by atoms with E-state index in [2.05, 4.69) is 0 Å². The fourth-order valence-corrected chi connectivity index (χ4v) is 3.90. The van der Waals surface area contributed by atoms with E-state index in [1.165, 1.54) is 12.1 Å². The number of ketones is 1. The molecule has 0 radical (unpaired) electrons. The van der Waals surface area contributed by atoms with Crippen LogP contribution in [0.5, 0.6) is 0 Å². The molecular formula is C23H15NO6S. The van der Waals surface area contributed by atoms with Gasteiger partial charge in [-0.2, -0.15) is 0 Å². The molecule has 0 bridgehead atoms. The zero-order chi connectivity index (χ0) is 22.0. The molecule has 4 rings (SSSR count). The van der Waals surface area contributed by atoms with Crippen molar-refractivity contribution in [3.05, 3.63) is 88.5 Å². The van der Waals surface area contributed by atoms with Gasteiger partial charge in [-0.1, -0.05) is 48.5 Å². The average molecular weight is 433 g/mol. The first kappa shape index (κ1) is 20.4. The number of thioether (sulfide) groups is 1. The Kier molecular flexibility index (Phi) is 5.55. The number of Topliss-reactive ketones (excluding diaryl/α,β-unsaturated/α-hetero) is 1. The molecule has 1 saturated heterocycles. The second kappa shape index (κ2) is 8.45. The molecule has 0 unspecified atom stereocenters. The van der Waals surface area contributed by atoms with Crippen molar-refractivity contribution in [2.75, 3.05) is 6.54 Å². The number of carbonyl (C=O) groups is 4. The summed E-state index contributed by atoms with van der Waals surface area (Å²) in [7, 11) is 0. The van der Waals surface area contributed by atoms with Gasteiger partial charge in [0.15, 0.2) is 5.78 Å². The highest BCUT2D eigenvalue weighted by Crippen LogP contribution is 2.34. The maximum Gasteiger partial charge on any atom is 0.336 e.